The van der Waals surface area contributed by atoms with Crippen molar-refractivity contribution in [3.05, 3.63) is 29.3 Å². The number of nitrogens with one attached hydrogen (secondary N) is 1. The smallest absolute Gasteiger partial charge is 0.0450 e. The fraction of sp³-hybridized carbons (Fsp3) is 0.400. The van der Waals surface area contributed by atoms with Crippen molar-refractivity contribution >= 4 is 17.3 Å². The molecule has 3 heteroatoms. The molecule has 0 heterocycles. The van der Waals surface area contributed by atoms with Gasteiger partial charge >= 0.3 is 0 Å². The van der Waals surface area contributed by atoms with E-state index in [0.717, 1.165) is 17.1 Å². The van der Waals surface area contributed by atoms with Gasteiger partial charge in [-0.1, -0.05) is 11.6 Å². The Morgan fingerprint density at radius 1 is 1.38 bits per heavy atom. The lowest BCUT2D eigenvalue weighted by Gasteiger charge is -2.13. The Morgan fingerprint density at radius 3 is 2.54 bits per heavy atom. The first kappa shape index (κ1) is 10.4. The molecule has 0 aliphatic carbocycles. The number of benzene rings is 1. The highest BCUT2D eigenvalue weighted by atomic mass is 35.5. The standard InChI is InChI=1S/C10H14ClNO/c1-8(6-7-13)12-10-4-2-9(11)3-5-10/h2-5,8,12-13H,6-7H2,1H3. The Morgan fingerprint density at radius 2 is 2.00 bits per heavy atom. The highest BCUT2D eigenvalue weighted by Gasteiger charge is 1.99. The van der Waals surface area contributed by atoms with Crippen LogP contribution >= 0.6 is 11.6 Å². The second kappa shape index (κ2) is 5.10. The number of halogens is 1. The molecule has 0 aromatic heterocycles. The quantitative estimate of drug-likeness (QED) is 0.781. The van der Waals surface area contributed by atoms with Gasteiger partial charge in [0.1, 0.15) is 0 Å². The SMILES string of the molecule is CC(CCO)Nc1ccc(Cl)cc1. The van der Waals surface area contributed by atoms with Crippen LogP contribution in [0.15, 0.2) is 24.3 Å². The van der Waals surface area contributed by atoms with E-state index in [-0.39, 0.29) is 12.6 Å². The normalized spacial score (nSPS) is 12.5. The number of anilines is 1. The first-order valence-corrected chi connectivity index (χ1v) is 4.73. The maximum Gasteiger partial charge on any atom is 0.0450 e. The summed E-state index contributed by atoms with van der Waals surface area (Å²) in [4.78, 5) is 0. The van der Waals surface area contributed by atoms with Crippen molar-refractivity contribution in [1.82, 2.24) is 0 Å². The zero-order valence-corrected chi connectivity index (χ0v) is 8.38. The summed E-state index contributed by atoms with van der Waals surface area (Å²) in [6.45, 7) is 2.24. The topological polar surface area (TPSA) is 32.3 Å². The molecule has 0 spiro atoms. The van der Waals surface area contributed by atoms with Crippen LogP contribution in [-0.2, 0) is 0 Å². The zero-order chi connectivity index (χ0) is 9.68. The highest BCUT2D eigenvalue weighted by Crippen LogP contribution is 2.14. The molecular weight excluding hydrogens is 186 g/mol. The van der Waals surface area contributed by atoms with Crippen LogP contribution in [0.3, 0.4) is 0 Å². The molecule has 1 aromatic rings. The van der Waals surface area contributed by atoms with Crippen LogP contribution in [0.2, 0.25) is 5.02 Å². The van der Waals surface area contributed by atoms with Crippen LogP contribution in [0.1, 0.15) is 13.3 Å². The second-order valence-corrected chi connectivity index (χ2v) is 3.50. The Kier molecular flexibility index (Phi) is 4.06. The van der Waals surface area contributed by atoms with Crippen LogP contribution in [0, 0.1) is 0 Å². The minimum Gasteiger partial charge on any atom is -0.396 e. The van der Waals surface area contributed by atoms with Crippen molar-refractivity contribution in [1.29, 1.82) is 0 Å². The Hall–Kier alpha value is -0.730. The molecule has 2 N–H and O–H groups in total. The number of aliphatic hydroxyl groups is 1. The molecule has 0 amide bonds. The maximum absolute atomic E-state index is 8.70. The summed E-state index contributed by atoms with van der Waals surface area (Å²) < 4.78 is 0. The van der Waals surface area contributed by atoms with Crippen molar-refractivity contribution < 1.29 is 5.11 Å². The summed E-state index contributed by atoms with van der Waals surface area (Å²) in [5.41, 5.74) is 1.03. The number of hydrogen-bond acceptors (Lipinski definition) is 2. The molecule has 72 valence electrons. The molecule has 13 heavy (non-hydrogen) atoms. The predicted octanol–water partition coefficient (Wildman–Crippen LogP) is 2.52. The molecular formula is C10H14ClNO. The lowest BCUT2D eigenvalue weighted by atomic mass is 10.2. The van der Waals surface area contributed by atoms with E-state index in [1.165, 1.54) is 0 Å². The number of rotatable bonds is 4. The molecule has 0 saturated heterocycles. The number of hydrogen-bond donors (Lipinski definition) is 2. The van der Waals surface area contributed by atoms with Crippen LogP contribution in [0.4, 0.5) is 5.69 Å². The molecule has 2 nitrogen and oxygen atoms in total. The molecule has 0 saturated carbocycles. The monoisotopic (exact) mass is 199 g/mol. The fourth-order valence-corrected chi connectivity index (χ4v) is 1.22. The van der Waals surface area contributed by atoms with Crippen molar-refractivity contribution in [2.24, 2.45) is 0 Å². The summed E-state index contributed by atoms with van der Waals surface area (Å²) in [7, 11) is 0. The van der Waals surface area contributed by atoms with Gasteiger partial charge in [-0.2, -0.15) is 0 Å². The zero-order valence-electron chi connectivity index (χ0n) is 7.63. The minimum atomic E-state index is 0.210. The summed E-state index contributed by atoms with van der Waals surface area (Å²) in [5.74, 6) is 0. The second-order valence-electron chi connectivity index (χ2n) is 3.06. The van der Waals surface area contributed by atoms with E-state index in [1.54, 1.807) is 0 Å². The van der Waals surface area contributed by atoms with E-state index in [0.29, 0.717) is 0 Å². The fourth-order valence-electron chi connectivity index (χ4n) is 1.10. The Bertz CT molecular complexity index is 248. The van der Waals surface area contributed by atoms with Crippen LogP contribution in [0.25, 0.3) is 0 Å². The van der Waals surface area contributed by atoms with E-state index in [1.807, 2.05) is 31.2 Å². The molecule has 0 bridgehead atoms. The third-order valence-corrected chi connectivity index (χ3v) is 2.07. The third-order valence-electron chi connectivity index (χ3n) is 1.82. The summed E-state index contributed by atoms with van der Waals surface area (Å²) >= 11 is 5.74. The van der Waals surface area contributed by atoms with Crippen molar-refractivity contribution in [3.8, 4) is 0 Å². The highest BCUT2D eigenvalue weighted by molar-refractivity contribution is 6.30. The summed E-state index contributed by atoms with van der Waals surface area (Å²) in [5, 5.41) is 12.7. The van der Waals surface area contributed by atoms with Gasteiger partial charge in [0.05, 0.1) is 0 Å². The predicted molar refractivity (Wildman–Crippen MR) is 56.2 cm³/mol. The minimum absolute atomic E-state index is 0.210. The lowest BCUT2D eigenvalue weighted by Crippen LogP contribution is -2.16. The van der Waals surface area contributed by atoms with Gasteiger partial charge in [0.15, 0.2) is 0 Å². The van der Waals surface area contributed by atoms with E-state index in [4.69, 9.17) is 16.7 Å². The van der Waals surface area contributed by atoms with E-state index < -0.39 is 0 Å². The van der Waals surface area contributed by atoms with Crippen LogP contribution < -0.4 is 5.32 Å². The summed E-state index contributed by atoms with van der Waals surface area (Å²) in [6, 6.07) is 7.82. The lowest BCUT2D eigenvalue weighted by molar-refractivity contribution is 0.282. The average molecular weight is 200 g/mol. The Balaban J connectivity index is 2.49. The van der Waals surface area contributed by atoms with Crippen LogP contribution in [0.5, 0.6) is 0 Å². The Labute approximate surface area is 83.5 Å². The summed E-state index contributed by atoms with van der Waals surface area (Å²) in [6.07, 6.45) is 0.753. The first-order chi connectivity index (χ1) is 6.22. The van der Waals surface area contributed by atoms with Gasteiger partial charge in [0, 0.05) is 23.4 Å². The van der Waals surface area contributed by atoms with Crippen molar-refractivity contribution in [3.63, 3.8) is 0 Å². The first-order valence-electron chi connectivity index (χ1n) is 4.35. The molecule has 0 aliphatic heterocycles. The van der Waals surface area contributed by atoms with E-state index in [2.05, 4.69) is 5.32 Å². The third kappa shape index (κ3) is 3.66. The van der Waals surface area contributed by atoms with Crippen molar-refractivity contribution in [2.45, 2.75) is 19.4 Å². The van der Waals surface area contributed by atoms with Crippen LogP contribution in [-0.4, -0.2) is 17.8 Å². The maximum atomic E-state index is 8.70. The van der Waals surface area contributed by atoms with E-state index in [9.17, 15) is 0 Å². The van der Waals surface area contributed by atoms with Crippen molar-refractivity contribution in [2.75, 3.05) is 11.9 Å². The van der Waals surface area contributed by atoms with Gasteiger partial charge in [0.25, 0.3) is 0 Å². The molecule has 1 aromatic carbocycles. The van der Waals surface area contributed by atoms with Gasteiger partial charge < -0.3 is 10.4 Å². The molecule has 1 unspecified atom stereocenters. The number of aliphatic hydroxyl groups excluding tert-OH is 1. The van der Waals surface area contributed by atoms with Gasteiger partial charge in [-0.15, -0.1) is 0 Å². The molecule has 1 atom stereocenters. The van der Waals surface area contributed by atoms with Gasteiger partial charge in [0.2, 0.25) is 0 Å². The average Bonchev–Trinajstić information content (AvgIpc) is 2.09. The van der Waals surface area contributed by atoms with E-state index >= 15 is 0 Å². The molecule has 1 rings (SSSR count). The molecule has 0 aliphatic rings. The van der Waals surface area contributed by atoms with Gasteiger partial charge in [-0.3, -0.25) is 0 Å². The van der Waals surface area contributed by atoms with Gasteiger partial charge in [-0.25, -0.2) is 0 Å². The van der Waals surface area contributed by atoms with Gasteiger partial charge in [-0.05, 0) is 37.6 Å². The molecule has 0 fully saturated rings. The molecule has 0 radical (unpaired) electrons. The largest absolute Gasteiger partial charge is 0.396 e.